The van der Waals surface area contributed by atoms with E-state index in [1.807, 2.05) is 13.8 Å². The van der Waals surface area contributed by atoms with Crippen LogP contribution in [0, 0.1) is 12.8 Å². The molecule has 1 N–H and O–H groups in total. The first-order valence-electron chi connectivity index (χ1n) is 8.61. The number of nitrogens with one attached hydrogen (secondary N) is 1. The number of nitrogens with zero attached hydrogens (tertiary/aromatic N) is 6. The zero-order valence-electron chi connectivity index (χ0n) is 14.6. The van der Waals surface area contributed by atoms with Crippen LogP contribution in [0.1, 0.15) is 30.5 Å². The molecule has 1 fully saturated rings. The van der Waals surface area contributed by atoms with Gasteiger partial charge in [0.25, 0.3) is 5.71 Å². The van der Waals surface area contributed by atoms with Gasteiger partial charge < -0.3 is 14.7 Å². The van der Waals surface area contributed by atoms with E-state index in [0.29, 0.717) is 10.8 Å². The van der Waals surface area contributed by atoms with Crippen LogP contribution in [-0.2, 0) is 11.2 Å². The van der Waals surface area contributed by atoms with E-state index in [0.717, 1.165) is 54.3 Å². The van der Waals surface area contributed by atoms with Crippen molar-refractivity contribution >= 4 is 39.3 Å². The van der Waals surface area contributed by atoms with Crippen LogP contribution < -0.4 is 10.2 Å². The van der Waals surface area contributed by atoms with Crippen LogP contribution in [0.5, 0.6) is 0 Å². The SMILES string of the molecule is CCc1nnc(NC(=O)C2CCN(c3ncnc4onc(C)c34)CC2)s1. The monoisotopic (exact) mass is 373 g/mol. The highest BCUT2D eigenvalue weighted by Gasteiger charge is 2.28. The minimum atomic E-state index is -0.0406. The molecular weight excluding hydrogens is 354 g/mol. The minimum Gasteiger partial charge on any atom is -0.356 e. The molecule has 1 aliphatic rings. The molecule has 0 aromatic carbocycles. The van der Waals surface area contributed by atoms with Crippen LogP contribution in [0.15, 0.2) is 10.9 Å². The second-order valence-electron chi connectivity index (χ2n) is 6.25. The summed E-state index contributed by atoms with van der Waals surface area (Å²) in [4.78, 5) is 23.2. The molecule has 0 saturated carbocycles. The third-order valence-electron chi connectivity index (χ3n) is 4.59. The van der Waals surface area contributed by atoms with E-state index in [9.17, 15) is 4.79 Å². The van der Waals surface area contributed by atoms with Gasteiger partial charge in [-0.25, -0.2) is 4.98 Å². The molecule has 9 nitrogen and oxygen atoms in total. The Kier molecular flexibility index (Phi) is 4.49. The summed E-state index contributed by atoms with van der Waals surface area (Å²) in [6.45, 7) is 5.38. The number of piperidine rings is 1. The van der Waals surface area contributed by atoms with Crippen LogP contribution >= 0.6 is 11.3 Å². The van der Waals surface area contributed by atoms with Crippen molar-refractivity contribution in [1.29, 1.82) is 0 Å². The lowest BCUT2D eigenvalue weighted by Crippen LogP contribution is -2.38. The van der Waals surface area contributed by atoms with Gasteiger partial charge in [0.05, 0.1) is 5.69 Å². The molecule has 3 aromatic rings. The largest absolute Gasteiger partial charge is 0.356 e. The molecule has 0 spiro atoms. The fourth-order valence-corrected chi connectivity index (χ4v) is 3.83. The molecule has 0 atom stereocenters. The highest BCUT2D eigenvalue weighted by Crippen LogP contribution is 2.29. The van der Waals surface area contributed by atoms with Gasteiger partial charge in [0, 0.05) is 19.0 Å². The number of carbonyl (C=O) groups is 1. The quantitative estimate of drug-likeness (QED) is 0.741. The van der Waals surface area contributed by atoms with E-state index in [1.54, 1.807) is 0 Å². The second kappa shape index (κ2) is 6.94. The predicted octanol–water partition coefficient (Wildman–Crippen LogP) is 2.20. The molecule has 0 bridgehead atoms. The van der Waals surface area contributed by atoms with Crippen molar-refractivity contribution in [2.45, 2.75) is 33.1 Å². The molecule has 1 aliphatic heterocycles. The molecule has 10 heteroatoms. The molecule has 1 amide bonds. The van der Waals surface area contributed by atoms with Crippen molar-refractivity contribution < 1.29 is 9.32 Å². The number of amides is 1. The Morgan fingerprint density at radius 3 is 2.88 bits per heavy atom. The van der Waals surface area contributed by atoms with Crippen molar-refractivity contribution in [3.63, 3.8) is 0 Å². The number of aromatic nitrogens is 5. The number of hydrogen-bond acceptors (Lipinski definition) is 9. The molecule has 0 radical (unpaired) electrons. The van der Waals surface area contributed by atoms with Crippen molar-refractivity contribution in [3.8, 4) is 0 Å². The molecule has 136 valence electrons. The lowest BCUT2D eigenvalue weighted by molar-refractivity contribution is -0.120. The van der Waals surface area contributed by atoms with E-state index in [4.69, 9.17) is 4.52 Å². The summed E-state index contributed by atoms with van der Waals surface area (Å²) in [5.41, 5.74) is 1.27. The number of carbonyl (C=O) groups excluding carboxylic acids is 1. The van der Waals surface area contributed by atoms with Gasteiger partial charge in [-0.2, -0.15) is 4.98 Å². The normalized spacial score (nSPS) is 15.5. The van der Waals surface area contributed by atoms with Crippen molar-refractivity contribution in [3.05, 3.63) is 17.0 Å². The molecule has 4 rings (SSSR count). The van der Waals surface area contributed by atoms with Gasteiger partial charge in [-0.3, -0.25) is 4.79 Å². The summed E-state index contributed by atoms with van der Waals surface area (Å²) in [5, 5.41) is 17.3. The van der Waals surface area contributed by atoms with E-state index in [1.165, 1.54) is 17.7 Å². The van der Waals surface area contributed by atoms with Crippen LogP contribution in [0.2, 0.25) is 0 Å². The Morgan fingerprint density at radius 1 is 1.35 bits per heavy atom. The first-order valence-corrected chi connectivity index (χ1v) is 9.42. The summed E-state index contributed by atoms with van der Waals surface area (Å²) in [6.07, 6.45) is 3.81. The lowest BCUT2D eigenvalue weighted by atomic mass is 9.96. The van der Waals surface area contributed by atoms with Gasteiger partial charge in [-0.05, 0) is 26.2 Å². The second-order valence-corrected chi connectivity index (χ2v) is 7.31. The van der Waals surface area contributed by atoms with Gasteiger partial charge in [-0.1, -0.05) is 23.4 Å². The predicted molar refractivity (Wildman–Crippen MR) is 97.2 cm³/mol. The zero-order chi connectivity index (χ0) is 18.1. The molecule has 1 saturated heterocycles. The first kappa shape index (κ1) is 16.8. The number of aryl methyl sites for hydroxylation is 2. The molecule has 0 unspecified atom stereocenters. The van der Waals surface area contributed by atoms with Gasteiger partial charge in [0.1, 0.15) is 22.5 Å². The molecule has 26 heavy (non-hydrogen) atoms. The Bertz CT molecular complexity index is 930. The van der Waals surface area contributed by atoms with Crippen LogP contribution in [0.25, 0.3) is 11.1 Å². The summed E-state index contributed by atoms with van der Waals surface area (Å²) in [5.74, 6) is 0.794. The number of fused-ring (bicyclic) bond motifs is 1. The fourth-order valence-electron chi connectivity index (χ4n) is 3.15. The Hall–Kier alpha value is -2.62. The summed E-state index contributed by atoms with van der Waals surface area (Å²) < 4.78 is 5.21. The van der Waals surface area contributed by atoms with E-state index < -0.39 is 0 Å². The molecule has 0 aliphatic carbocycles. The van der Waals surface area contributed by atoms with Gasteiger partial charge in [0.15, 0.2) is 0 Å². The molecular formula is C16H19N7O2S. The van der Waals surface area contributed by atoms with Crippen molar-refractivity contribution in [2.24, 2.45) is 5.92 Å². The summed E-state index contributed by atoms with van der Waals surface area (Å²) in [6, 6.07) is 0. The van der Waals surface area contributed by atoms with Crippen LogP contribution in [0.4, 0.5) is 10.9 Å². The van der Waals surface area contributed by atoms with E-state index in [-0.39, 0.29) is 11.8 Å². The standard InChI is InChI=1S/C16H19N7O2S/c1-3-11-20-21-16(26-11)19-14(24)10-4-6-23(7-5-10)13-12-9(2)22-25-15(12)18-8-17-13/h8,10H,3-7H2,1-2H3,(H,19,21,24). The zero-order valence-corrected chi connectivity index (χ0v) is 15.4. The molecule has 3 aromatic heterocycles. The Morgan fingerprint density at radius 2 is 2.15 bits per heavy atom. The maximum Gasteiger partial charge on any atom is 0.263 e. The Balaban J connectivity index is 1.42. The topological polar surface area (TPSA) is 110 Å². The van der Waals surface area contributed by atoms with E-state index >= 15 is 0 Å². The smallest absolute Gasteiger partial charge is 0.263 e. The lowest BCUT2D eigenvalue weighted by Gasteiger charge is -2.32. The van der Waals surface area contributed by atoms with Crippen LogP contribution in [-0.4, -0.2) is 44.3 Å². The number of rotatable bonds is 4. The number of anilines is 2. The average Bonchev–Trinajstić information content (AvgIpc) is 3.28. The Labute approximate surface area is 153 Å². The van der Waals surface area contributed by atoms with Crippen molar-refractivity contribution in [2.75, 3.05) is 23.3 Å². The minimum absolute atomic E-state index is 0.0115. The summed E-state index contributed by atoms with van der Waals surface area (Å²) in [7, 11) is 0. The van der Waals surface area contributed by atoms with Crippen LogP contribution in [0.3, 0.4) is 0 Å². The highest BCUT2D eigenvalue weighted by molar-refractivity contribution is 7.15. The van der Waals surface area contributed by atoms with Gasteiger partial charge in [-0.15, -0.1) is 10.2 Å². The average molecular weight is 373 g/mol. The summed E-state index contributed by atoms with van der Waals surface area (Å²) >= 11 is 1.43. The fraction of sp³-hybridized carbons (Fsp3) is 0.500. The highest BCUT2D eigenvalue weighted by atomic mass is 32.1. The van der Waals surface area contributed by atoms with Gasteiger partial charge >= 0.3 is 0 Å². The third kappa shape index (κ3) is 3.12. The molecule has 4 heterocycles. The third-order valence-corrected chi connectivity index (χ3v) is 5.57. The van der Waals surface area contributed by atoms with E-state index in [2.05, 4.69) is 35.5 Å². The van der Waals surface area contributed by atoms with Gasteiger partial charge in [0.2, 0.25) is 11.0 Å². The maximum atomic E-state index is 12.5. The number of hydrogen-bond donors (Lipinski definition) is 1. The maximum absolute atomic E-state index is 12.5. The van der Waals surface area contributed by atoms with Crippen molar-refractivity contribution in [1.82, 2.24) is 25.3 Å². The first-order chi connectivity index (χ1) is 12.7.